The molecule has 152 valence electrons. The fraction of sp³-hybridized carbons (Fsp3) is 0.333. The van der Waals surface area contributed by atoms with Crippen LogP contribution in [0.3, 0.4) is 0 Å². The Labute approximate surface area is 170 Å². The van der Waals surface area contributed by atoms with Crippen molar-refractivity contribution in [3.8, 4) is 6.07 Å². The van der Waals surface area contributed by atoms with E-state index < -0.39 is 10.0 Å². The third-order valence-corrected chi connectivity index (χ3v) is 7.03. The molecule has 0 spiro atoms. The zero-order chi connectivity index (χ0) is 20.9. The number of sulfonamides is 1. The Kier molecular flexibility index (Phi) is 6.62. The molecule has 1 saturated heterocycles. The molecule has 0 saturated carbocycles. The fourth-order valence-electron chi connectivity index (χ4n) is 3.41. The van der Waals surface area contributed by atoms with Crippen LogP contribution in [-0.4, -0.2) is 38.3 Å². The van der Waals surface area contributed by atoms with E-state index in [0.717, 1.165) is 5.56 Å². The van der Waals surface area contributed by atoms with Crippen LogP contribution < -0.4 is 5.32 Å². The normalized spacial score (nSPS) is 15.6. The lowest BCUT2D eigenvalue weighted by atomic mass is 9.97. The Morgan fingerprint density at radius 3 is 2.45 bits per heavy atom. The summed E-state index contributed by atoms with van der Waals surface area (Å²) in [6.45, 7) is 0.912. The smallest absolute Gasteiger partial charge is 0.244 e. The van der Waals surface area contributed by atoms with Gasteiger partial charge in [0, 0.05) is 25.6 Å². The molecule has 29 heavy (non-hydrogen) atoms. The Balaban J connectivity index is 1.52. The summed E-state index contributed by atoms with van der Waals surface area (Å²) in [5, 5.41) is 12.0. The third kappa shape index (κ3) is 5.00. The van der Waals surface area contributed by atoms with Gasteiger partial charge in [-0.2, -0.15) is 9.57 Å². The van der Waals surface area contributed by atoms with Crippen LogP contribution in [0, 0.1) is 23.1 Å². The van der Waals surface area contributed by atoms with Gasteiger partial charge in [-0.05, 0) is 49.1 Å². The standard InChI is InChI=1S/C21H22FN3O3S/c22-19-7-5-16(6-8-19)9-12-24-21(26)17-10-13-25(14-11-17)29(27,28)20-4-2-1-3-18(20)15-23/h1-8,17H,9-14H2,(H,24,26). The molecule has 0 atom stereocenters. The Morgan fingerprint density at radius 1 is 1.14 bits per heavy atom. The first-order valence-electron chi connectivity index (χ1n) is 9.43. The van der Waals surface area contributed by atoms with Crippen LogP contribution in [0.4, 0.5) is 4.39 Å². The summed E-state index contributed by atoms with van der Waals surface area (Å²) in [5.41, 5.74) is 1.05. The van der Waals surface area contributed by atoms with Gasteiger partial charge in [-0.1, -0.05) is 24.3 Å². The van der Waals surface area contributed by atoms with Gasteiger partial charge in [0.25, 0.3) is 0 Å². The summed E-state index contributed by atoms with van der Waals surface area (Å²) in [5.74, 6) is -0.639. The average molecular weight is 415 g/mol. The van der Waals surface area contributed by atoms with Crippen LogP contribution >= 0.6 is 0 Å². The highest BCUT2D eigenvalue weighted by Gasteiger charge is 2.33. The molecule has 0 aliphatic carbocycles. The molecule has 1 aliphatic heterocycles. The molecule has 0 unspecified atom stereocenters. The number of hydrogen-bond acceptors (Lipinski definition) is 4. The van der Waals surface area contributed by atoms with Gasteiger partial charge in [-0.15, -0.1) is 0 Å². The molecule has 0 bridgehead atoms. The van der Waals surface area contributed by atoms with Crippen molar-refractivity contribution in [3.05, 3.63) is 65.5 Å². The van der Waals surface area contributed by atoms with E-state index in [9.17, 15) is 17.6 Å². The SMILES string of the molecule is N#Cc1ccccc1S(=O)(=O)N1CCC(C(=O)NCCc2ccc(F)cc2)CC1. The lowest BCUT2D eigenvalue weighted by Gasteiger charge is -2.30. The summed E-state index contributed by atoms with van der Waals surface area (Å²) in [6, 6.07) is 14.2. The molecule has 1 amide bonds. The topological polar surface area (TPSA) is 90.3 Å². The number of nitriles is 1. The molecular weight excluding hydrogens is 393 g/mol. The van der Waals surface area contributed by atoms with Gasteiger partial charge >= 0.3 is 0 Å². The largest absolute Gasteiger partial charge is 0.356 e. The molecule has 0 aromatic heterocycles. The summed E-state index contributed by atoms with van der Waals surface area (Å²) in [4.78, 5) is 12.4. The first-order chi connectivity index (χ1) is 13.9. The molecular formula is C21H22FN3O3S. The summed E-state index contributed by atoms with van der Waals surface area (Å²) >= 11 is 0. The quantitative estimate of drug-likeness (QED) is 0.785. The van der Waals surface area contributed by atoms with Gasteiger partial charge in [0.1, 0.15) is 11.9 Å². The van der Waals surface area contributed by atoms with Crippen molar-refractivity contribution in [2.24, 2.45) is 5.92 Å². The van der Waals surface area contributed by atoms with Gasteiger partial charge in [0.2, 0.25) is 15.9 Å². The van der Waals surface area contributed by atoms with E-state index in [-0.39, 0.29) is 41.2 Å². The van der Waals surface area contributed by atoms with Crippen molar-refractivity contribution in [3.63, 3.8) is 0 Å². The molecule has 8 heteroatoms. The van der Waals surface area contributed by atoms with Crippen LogP contribution in [0.1, 0.15) is 24.0 Å². The lowest BCUT2D eigenvalue weighted by Crippen LogP contribution is -2.43. The second-order valence-corrected chi connectivity index (χ2v) is 8.86. The number of carbonyl (C=O) groups is 1. The fourth-order valence-corrected chi connectivity index (χ4v) is 5.02. The van der Waals surface area contributed by atoms with E-state index >= 15 is 0 Å². The zero-order valence-electron chi connectivity index (χ0n) is 15.8. The van der Waals surface area contributed by atoms with E-state index in [1.165, 1.54) is 28.6 Å². The van der Waals surface area contributed by atoms with Crippen LogP contribution in [0.15, 0.2) is 53.4 Å². The molecule has 1 aliphatic rings. The second kappa shape index (κ2) is 9.16. The number of nitrogens with zero attached hydrogens (tertiary/aromatic N) is 2. The first-order valence-corrected chi connectivity index (χ1v) is 10.9. The molecule has 1 fully saturated rings. The van der Waals surface area contributed by atoms with Crippen molar-refractivity contribution < 1.29 is 17.6 Å². The van der Waals surface area contributed by atoms with Crippen LogP contribution in [-0.2, 0) is 21.2 Å². The highest BCUT2D eigenvalue weighted by Crippen LogP contribution is 2.25. The molecule has 2 aromatic rings. The first kappa shape index (κ1) is 21.0. The van der Waals surface area contributed by atoms with Gasteiger partial charge in [-0.25, -0.2) is 12.8 Å². The number of hydrogen-bond donors (Lipinski definition) is 1. The Hall–Kier alpha value is -2.76. The summed E-state index contributed by atoms with van der Waals surface area (Å²) < 4.78 is 39.9. The number of rotatable bonds is 6. The predicted molar refractivity (Wildman–Crippen MR) is 106 cm³/mol. The zero-order valence-corrected chi connectivity index (χ0v) is 16.7. The summed E-state index contributed by atoms with van der Waals surface area (Å²) in [6.07, 6.45) is 1.46. The monoisotopic (exact) mass is 415 g/mol. The van der Waals surface area contributed by atoms with Gasteiger partial charge in [0.15, 0.2) is 0 Å². The van der Waals surface area contributed by atoms with E-state index in [2.05, 4.69) is 5.32 Å². The third-order valence-electron chi connectivity index (χ3n) is 5.08. The second-order valence-electron chi connectivity index (χ2n) is 6.95. The molecule has 1 heterocycles. The number of carbonyl (C=O) groups excluding carboxylic acids is 1. The molecule has 0 radical (unpaired) electrons. The predicted octanol–water partition coefficient (Wildman–Crippen LogP) is 2.46. The lowest BCUT2D eigenvalue weighted by molar-refractivity contribution is -0.126. The van der Waals surface area contributed by atoms with Gasteiger partial charge in [0.05, 0.1) is 10.5 Å². The number of nitrogens with one attached hydrogen (secondary N) is 1. The number of piperidine rings is 1. The van der Waals surface area contributed by atoms with Crippen LogP contribution in [0.2, 0.25) is 0 Å². The maximum Gasteiger partial charge on any atom is 0.244 e. The number of benzene rings is 2. The highest BCUT2D eigenvalue weighted by molar-refractivity contribution is 7.89. The van der Waals surface area contributed by atoms with E-state index in [1.807, 2.05) is 6.07 Å². The van der Waals surface area contributed by atoms with Crippen LogP contribution in [0.5, 0.6) is 0 Å². The number of amides is 1. The maximum atomic E-state index is 12.9. The van der Waals surface area contributed by atoms with Crippen molar-refractivity contribution >= 4 is 15.9 Å². The maximum absolute atomic E-state index is 12.9. The average Bonchev–Trinajstić information content (AvgIpc) is 2.75. The van der Waals surface area contributed by atoms with E-state index in [0.29, 0.717) is 25.8 Å². The minimum absolute atomic E-state index is 0.00435. The Morgan fingerprint density at radius 2 is 1.79 bits per heavy atom. The van der Waals surface area contributed by atoms with Crippen molar-refractivity contribution in [1.29, 1.82) is 5.26 Å². The molecule has 1 N–H and O–H groups in total. The van der Waals surface area contributed by atoms with Crippen molar-refractivity contribution in [2.75, 3.05) is 19.6 Å². The minimum Gasteiger partial charge on any atom is -0.356 e. The van der Waals surface area contributed by atoms with E-state index in [1.54, 1.807) is 24.3 Å². The van der Waals surface area contributed by atoms with Gasteiger partial charge in [-0.3, -0.25) is 4.79 Å². The molecule has 2 aromatic carbocycles. The van der Waals surface area contributed by atoms with Crippen molar-refractivity contribution in [2.45, 2.75) is 24.2 Å². The highest BCUT2D eigenvalue weighted by atomic mass is 32.2. The van der Waals surface area contributed by atoms with Crippen LogP contribution in [0.25, 0.3) is 0 Å². The van der Waals surface area contributed by atoms with E-state index in [4.69, 9.17) is 5.26 Å². The number of halogens is 1. The summed E-state index contributed by atoms with van der Waals surface area (Å²) in [7, 11) is -3.76. The van der Waals surface area contributed by atoms with Crippen molar-refractivity contribution in [1.82, 2.24) is 9.62 Å². The minimum atomic E-state index is -3.76. The molecule has 3 rings (SSSR count). The molecule has 6 nitrogen and oxygen atoms in total. The Bertz CT molecular complexity index is 1010. The van der Waals surface area contributed by atoms with Gasteiger partial charge < -0.3 is 5.32 Å².